The van der Waals surface area contributed by atoms with Crippen LogP contribution in [0.15, 0.2) is 54.6 Å². The van der Waals surface area contributed by atoms with Crippen LogP contribution < -0.4 is 5.32 Å². The van der Waals surface area contributed by atoms with E-state index in [0.29, 0.717) is 21.8 Å². The molecule has 0 unspecified atom stereocenters. The summed E-state index contributed by atoms with van der Waals surface area (Å²) in [5, 5.41) is 3.41. The minimum Gasteiger partial charge on any atom is -0.448 e. The third-order valence-electron chi connectivity index (χ3n) is 4.18. The third-order valence-corrected chi connectivity index (χ3v) is 5.13. The predicted molar refractivity (Wildman–Crippen MR) is 112 cm³/mol. The van der Waals surface area contributed by atoms with Crippen molar-refractivity contribution in [3.8, 4) is 11.3 Å². The first-order valence-electron chi connectivity index (χ1n) is 9.01. The Hall–Kier alpha value is -3.32. The molecule has 1 atom stereocenters. The van der Waals surface area contributed by atoms with Crippen LogP contribution in [0.3, 0.4) is 0 Å². The molecule has 0 fully saturated rings. The van der Waals surface area contributed by atoms with Gasteiger partial charge in [-0.15, -0.1) is 11.3 Å². The van der Waals surface area contributed by atoms with Crippen molar-refractivity contribution in [3.63, 3.8) is 0 Å². The van der Waals surface area contributed by atoms with E-state index in [9.17, 15) is 14.4 Å². The Morgan fingerprint density at radius 1 is 1.03 bits per heavy atom. The van der Waals surface area contributed by atoms with Gasteiger partial charge in [-0.05, 0) is 45.0 Å². The van der Waals surface area contributed by atoms with Crippen molar-refractivity contribution in [3.05, 3.63) is 70.0 Å². The molecule has 0 aliphatic rings. The van der Waals surface area contributed by atoms with Crippen LogP contribution in [0.5, 0.6) is 0 Å². The van der Waals surface area contributed by atoms with Gasteiger partial charge in [0.15, 0.2) is 11.9 Å². The lowest BCUT2D eigenvalue weighted by Gasteiger charge is -2.13. The topological polar surface area (TPSA) is 85.4 Å². The summed E-state index contributed by atoms with van der Waals surface area (Å²) in [6.45, 7) is 4.79. The van der Waals surface area contributed by atoms with E-state index in [1.54, 1.807) is 24.3 Å². The smallest absolute Gasteiger partial charge is 0.351 e. The van der Waals surface area contributed by atoms with E-state index in [1.165, 1.54) is 25.2 Å². The molecule has 7 heteroatoms. The number of ether oxygens (including phenoxy) is 1. The number of benzene rings is 2. The second-order valence-corrected chi connectivity index (χ2v) is 7.65. The van der Waals surface area contributed by atoms with Crippen molar-refractivity contribution in [2.45, 2.75) is 26.9 Å². The zero-order valence-corrected chi connectivity index (χ0v) is 17.1. The molecule has 0 bridgehead atoms. The van der Waals surface area contributed by atoms with Gasteiger partial charge in [0.25, 0.3) is 5.91 Å². The molecule has 1 heterocycles. The maximum absolute atomic E-state index is 12.7. The highest BCUT2D eigenvalue weighted by atomic mass is 32.1. The molecular weight excluding hydrogens is 388 g/mol. The monoisotopic (exact) mass is 408 g/mol. The van der Waals surface area contributed by atoms with Crippen molar-refractivity contribution in [2.24, 2.45) is 0 Å². The van der Waals surface area contributed by atoms with Gasteiger partial charge in [0.1, 0.15) is 4.88 Å². The molecule has 0 spiro atoms. The highest BCUT2D eigenvalue weighted by Crippen LogP contribution is 2.29. The van der Waals surface area contributed by atoms with E-state index in [0.717, 1.165) is 10.6 Å². The first kappa shape index (κ1) is 20.4. The van der Waals surface area contributed by atoms with Gasteiger partial charge in [-0.25, -0.2) is 9.78 Å². The lowest BCUT2D eigenvalue weighted by molar-refractivity contribution is -0.123. The molecule has 148 valence electrons. The molecule has 29 heavy (non-hydrogen) atoms. The Labute approximate surface area is 172 Å². The molecule has 0 saturated carbocycles. The molecule has 6 nitrogen and oxygen atoms in total. The van der Waals surface area contributed by atoms with Crippen molar-refractivity contribution >= 4 is 34.7 Å². The zero-order chi connectivity index (χ0) is 21.0. The predicted octanol–water partition coefficient (Wildman–Crippen LogP) is 4.51. The number of nitrogens with one attached hydrogen (secondary N) is 1. The second kappa shape index (κ2) is 8.79. The molecule has 0 aliphatic heterocycles. The Morgan fingerprint density at radius 2 is 1.69 bits per heavy atom. The van der Waals surface area contributed by atoms with Gasteiger partial charge in [-0.2, -0.15) is 0 Å². The van der Waals surface area contributed by atoms with E-state index >= 15 is 0 Å². The average molecular weight is 408 g/mol. The number of Topliss-reactive ketones (excluding diaryl/α,β-unsaturated/α-hetero) is 1. The summed E-state index contributed by atoms with van der Waals surface area (Å²) in [6, 6.07) is 15.9. The summed E-state index contributed by atoms with van der Waals surface area (Å²) < 4.78 is 5.37. The fraction of sp³-hybridized carbons (Fsp3) is 0.182. The van der Waals surface area contributed by atoms with Gasteiger partial charge >= 0.3 is 5.97 Å². The standard InChI is InChI=1S/C22H20N2O4S/c1-13(25)16-9-11-18(12-10-16)24-21(26)14(2)28-22(27)20-19(23-15(3)29-20)17-7-5-4-6-8-17/h4-12,14H,1-3H3,(H,24,26)/t14-/m0/s1. The second-order valence-electron chi connectivity index (χ2n) is 6.45. The van der Waals surface area contributed by atoms with Crippen molar-refractivity contribution < 1.29 is 19.1 Å². The van der Waals surface area contributed by atoms with Crippen LogP contribution in [0.1, 0.15) is 38.9 Å². The molecule has 2 aromatic carbocycles. The summed E-state index contributed by atoms with van der Waals surface area (Å²) in [5.41, 5.74) is 2.43. The number of hydrogen-bond acceptors (Lipinski definition) is 6. The number of aromatic nitrogens is 1. The normalized spacial score (nSPS) is 11.6. The maximum Gasteiger partial charge on any atom is 0.351 e. The molecular formula is C22H20N2O4S. The van der Waals surface area contributed by atoms with Crippen molar-refractivity contribution in [1.82, 2.24) is 4.98 Å². The SMILES string of the molecule is CC(=O)c1ccc(NC(=O)[C@H](C)OC(=O)c2sc(C)nc2-c2ccccc2)cc1. The molecule has 0 radical (unpaired) electrons. The van der Waals surface area contributed by atoms with E-state index in [1.807, 2.05) is 37.3 Å². The number of esters is 1. The first-order valence-corrected chi connectivity index (χ1v) is 9.82. The number of aryl methyl sites for hydroxylation is 1. The van der Waals surface area contributed by atoms with Crippen LogP contribution >= 0.6 is 11.3 Å². The Morgan fingerprint density at radius 3 is 2.31 bits per heavy atom. The minimum atomic E-state index is -0.999. The number of rotatable bonds is 6. The summed E-state index contributed by atoms with van der Waals surface area (Å²) in [4.78, 5) is 41.2. The molecule has 3 rings (SSSR count). The zero-order valence-electron chi connectivity index (χ0n) is 16.3. The van der Waals surface area contributed by atoms with E-state index in [2.05, 4.69) is 10.3 Å². The van der Waals surface area contributed by atoms with Crippen LogP contribution in [0, 0.1) is 6.92 Å². The maximum atomic E-state index is 12.7. The molecule has 0 aliphatic carbocycles. The van der Waals surface area contributed by atoms with Crippen LogP contribution in [0.2, 0.25) is 0 Å². The fourth-order valence-corrected chi connectivity index (χ4v) is 3.48. The third kappa shape index (κ3) is 4.94. The minimum absolute atomic E-state index is 0.0563. The number of ketones is 1. The lowest BCUT2D eigenvalue weighted by atomic mass is 10.1. The molecule has 3 aromatic rings. The summed E-state index contributed by atoms with van der Waals surface area (Å²) in [6.07, 6.45) is -0.999. The summed E-state index contributed by atoms with van der Waals surface area (Å²) >= 11 is 1.23. The Kier molecular flexibility index (Phi) is 6.19. The van der Waals surface area contributed by atoms with Crippen molar-refractivity contribution in [2.75, 3.05) is 5.32 Å². The number of carbonyl (C=O) groups excluding carboxylic acids is 3. The van der Waals surface area contributed by atoms with Gasteiger partial charge in [0, 0.05) is 16.8 Å². The quantitative estimate of drug-likeness (QED) is 0.479. The van der Waals surface area contributed by atoms with Crippen LogP contribution in [-0.2, 0) is 9.53 Å². The summed E-state index contributed by atoms with van der Waals surface area (Å²) in [5.74, 6) is -1.11. The number of carbonyl (C=O) groups is 3. The van der Waals surface area contributed by atoms with Crippen molar-refractivity contribution in [1.29, 1.82) is 0 Å². The van der Waals surface area contributed by atoms with Crippen LogP contribution in [0.4, 0.5) is 5.69 Å². The van der Waals surface area contributed by atoms with E-state index in [-0.39, 0.29) is 5.78 Å². The fourth-order valence-electron chi connectivity index (χ4n) is 2.66. The Bertz CT molecular complexity index is 1040. The molecule has 0 saturated heterocycles. The number of amides is 1. The average Bonchev–Trinajstić information content (AvgIpc) is 3.11. The molecule has 1 amide bonds. The molecule has 1 N–H and O–H groups in total. The number of nitrogens with zero attached hydrogens (tertiary/aromatic N) is 1. The van der Waals surface area contributed by atoms with Gasteiger partial charge in [0.05, 0.1) is 10.7 Å². The van der Waals surface area contributed by atoms with E-state index in [4.69, 9.17) is 4.74 Å². The first-order chi connectivity index (χ1) is 13.8. The highest BCUT2D eigenvalue weighted by Gasteiger charge is 2.24. The largest absolute Gasteiger partial charge is 0.448 e. The van der Waals surface area contributed by atoms with Gasteiger partial charge in [0.2, 0.25) is 0 Å². The van der Waals surface area contributed by atoms with Gasteiger partial charge in [-0.3, -0.25) is 9.59 Å². The summed E-state index contributed by atoms with van der Waals surface area (Å²) in [7, 11) is 0. The van der Waals surface area contributed by atoms with Gasteiger partial charge in [-0.1, -0.05) is 30.3 Å². The number of thiazole rings is 1. The van der Waals surface area contributed by atoms with E-state index < -0.39 is 18.0 Å². The number of anilines is 1. The van der Waals surface area contributed by atoms with Crippen LogP contribution in [0.25, 0.3) is 11.3 Å². The Balaban J connectivity index is 1.69. The highest BCUT2D eigenvalue weighted by molar-refractivity contribution is 7.14. The lowest BCUT2D eigenvalue weighted by Crippen LogP contribution is -2.29. The van der Waals surface area contributed by atoms with Crippen LogP contribution in [-0.4, -0.2) is 28.7 Å². The molecule has 1 aromatic heterocycles. The van der Waals surface area contributed by atoms with Gasteiger partial charge < -0.3 is 10.1 Å². The number of hydrogen-bond donors (Lipinski definition) is 1.